The van der Waals surface area contributed by atoms with E-state index in [0.29, 0.717) is 22.1 Å². The van der Waals surface area contributed by atoms with Gasteiger partial charge < -0.3 is 16.5 Å². The number of nitrogen functional groups attached to an aromatic ring is 2. The number of hydrogen-bond donors (Lipinski definition) is 3. The first-order valence-corrected chi connectivity index (χ1v) is 3.73. The Bertz CT molecular complexity index is 298. The van der Waals surface area contributed by atoms with Gasteiger partial charge in [-0.3, -0.25) is 0 Å². The van der Waals surface area contributed by atoms with Gasteiger partial charge in [0.05, 0.1) is 22.1 Å². The lowest BCUT2D eigenvalue weighted by molar-refractivity contribution is 1.02. The molecule has 5 heteroatoms. The Morgan fingerprint density at radius 3 is 2.33 bits per heavy atom. The van der Waals surface area contributed by atoms with Gasteiger partial charge in [0.25, 0.3) is 0 Å². The summed E-state index contributed by atoms with van der Waals surface area (Å²) in [5, 5.41) is 1.84. The molecule has 1 aromatic carbocycles. The van der Waals surface area contributed by atoms with Crippen molar-refractivity contribution in [1.29, 1.82) is 0 Å². The first-order valence-electron chi connectivity index (χ1n) is 3.35. The third-order valence-corrected chi connectivity index (χ3v) is 1.85. The van der Waals surface area contributed by atoms with Crippen LogP contribution in [0.2, 0.25) is 5.02 Å². The number of nitrogens with two attached hydrogens (primary N) is 3. The Morgan fingerprint density at radius 1 is 1.25 bits per heavy atom. The molecule has 0 saturated heterocycles. The third kappa shape index (κ3) is 1.54. The summed E-state index contributed by atoms with van der Waals surface area (Å²) < 4.78 is 0. The molecule has 0 aliphatic carbocycles. The second kappa shape index (κ2) is 3.08. The number of hydrogen-bond acceptors (Lipinski definition) is 4. The van der Waals surface area contributed by atoms with Gasteiger partial charge in [0.1, 0.15) is 0 Å². The molecule has 1 aromatic rings. The smallest absolute Gasteiger partial charge is 0.0759 e. The van der Waals surface area contributed by atoms with Crippen LogP contribution in [0.1, 0.15) is 0 Å². The number of benzene rings is 1. The zero-order valence-corrected chi connectivity index (χ0v) is 7.47. The van der Waals surface area contributed by atoms with Crippen molar-refractivity contribution < 1.29 is 0 Å². The quantitative estimate of drug-likeness (QED) is 0.345. The zero-order chi connectivity index (χ0) is 9.30. The number of halogens is 1. The fraction of sp³-hybridized carbons (Fsp3) is 0.143. The van der Waals surface area contributed by atoms with E-state index in [1.165, 1.54) is 5.01 Å². The van der Waals surface area contributed by atoms with Crippen LogP contribution in [0.4, 0.5) is 17.1 Å². The normalized spacial score (nSPS) is 9.92. The van der Waals surface area contributed by atoms with Gasteiger partial charge in [-0.1, -0.05) is 11.6 Å². The number of rotatable bonds is 1. The molecule has 0 aliphatic heterocycles. The Morgan fingerprint density at radius 2 is 1.83 bits per heavy atom. The molecule has 4 nitrogen and oxygen atoms in total. The average Bonchev–Trinajstić information content (AvgIpc) is 1.96. The summed E-state index contributed by atoms with van der Waals surface area (Å²) in [7, 11) is 1.68. The molecule has 0 radical (unpaired) electrons. The van der Waals surface area contributed by atoms with Crippen molar-refractivity contribution in [3.63, 3.8) is 0 Å². The van der Waals surface area contributed by atoms with Crippen molar-refractivity contribution in [2.45, 2.75) is 0 Å². The number of anilines is 3. The van der Waals surface area contributed by atoms with Crippen LogP contribution in [0.15, 0.2) is 12.1 Å². The van der Waals surface area contributed by atoms with Crippen LogP contribution in [0.25, 0.3) is 0 Å². The van der Waals surface area contributed by atoms with E-state index in [1.54, 1.807) is 19.2 Å². The summed E-state index contributed by atoms with van der Waals surface area (Å²) in [4.78, 5) is 0. The molecule has 0 aromatic heterocycles. The van der Waals surface area contributed by atoms with Crippen molar-refractivity contribution in [1.82, 2.24) is 0 Å². The van der Waals surface area contributed by atoms with E-state index in [0.717, 1.165) is 0 Å². The highest BCUT2D eigenvalue weighted by Gasteiger charge is 2.05. The van der Waals surface area contributed by atoms with Gasteiger partial charge in [-0.25, -0.2) is 5.84 Å². The predicted octanol–water partition coefficient (Wildman–Crippen LogP) is 0.814. The van der Waals surface area contributed by atoms with Crippen LogP contribution in [-0.4, -0.2) is 7.05 Å². The van der Waals surface area contributed by atoms with Gasteiger partial charge in [-0.2, -0.15) is 0 Å². The molecule has 0 saturated carbocycles. The maximum Gasteiger partial charge on any atom is 0.0759 e. The Kier molecular flexibility index (Phi) is 2.30. The van der Waals surface area contributed by atoms with Gasteiger partial charge in [0, 0.05) is 7.05 Å². The van der Waals surface area contributed by atoms with E-state index >= 15 is 0 Å². The molecule has 6 N–H and O–H groups in total. The summed E-state index contributed by atoms with van der Waals surface area (Å²) in [6.45, 7) is 0. The van der Waals surface area contributed by atoms with Crippen LogP contribution in [0.3, 0.4) is 0 Å². The molecule has 0 atom stereocenters. The summed E-state index contributed by atoms with van der Waals surface area (Å²) >= 11 is 5.77. The van der Waals surface area contributed by atoms with E-state index in [2.05, 4.69) is 0 Å². The zero-order valence-electron chi connectivity index (χ0n) is 6.71. The Hall–Kier alpha value is -1.13. The van der Waals surface area contributed by atoms with E-state index in [1.807, 2.05) is 0 Å². The van der Waals surface area contributed by atoms with Crippen molar-refractivity contribution in [3.05, 3.63) is 17.2 Å². The summed E-state index contributed by atoms with van der Waals surface area (Å²) in [5.41, 5.74) is 12.8. The average molecular weight is 187 g/mol. The molecule has 0 unspecified atom stereocenters. The summed E-state index contributed by atoms with van der Waals surface area (Å²) in [6.07, 6.45) is 0. The Labute approximate surface area is 75.8 Å². The highest BCUT2D eigenvalue weighted by Crippen LogP contribution is 2.29. The number of hydrazine groups is 1. The van der Waals surface area contributed by atoms with Gasteiger partial charge in [-0.15, -0.1) is 0 Å². The lowest BCUT2D eigenvalue weighted by Crippen LogP contribution is -2.26. The van der Waals surface area contributed by atoms with Crippen LogP contribution < -0.4 is 22.3 Å². The predicted molar refractivity (Wildman–Crippen MR) is 52.9 cm³/mol. The van der Waals surface area contributed by atoms with E-state index in [4.69, 9.17) is 28.9 Å². The van der Waals surface area contributed by atoms with Crippen LogP contribution in [0, 0.1) is 0 Å². The van der Waals surface area contributed by atoms with Gasteiger partial charge in [0.2, 0.25) is 0 Å². The summed E-state index contributed by atoms with van der Waals surface area (Å²) in [5.74, 6) is 5.49. The molecule has 0 bridgehead atoms. The minimum atomic E-state index is 0.455. The largest absolute Gasteiger partial charge is 0.397 e. The first kappa shape index (κ1) is 8.96. The molecule has 0 fully saturated rings. The van der Waals surface area contributed by atoms with Crippen LogP contribution in [0.5, 0.6) is 0 Å². The van der Waals surface area contributed by atoms with Gasteiger partial charge >= 0.3 is 0 Å². The van der Waals surface area contributed by atoms with E-state index in [9.17, 15) is 0 Å². The molecule has 0 spiro atoms. The molecular weight excluding hydrogens is 176 g/mol. The van der Waals surface area contributed by atoms with Gasteiger partial charge in [0.15, 0.2) is 0 Å². The highest BCUT2D eigenvalue weighted by atomic mass is 35.5. The minimum absolute atomic E-state index is 0.455. The second-order valence-electron chi connectivity index (χ2n) is 2.54. The standard InChI is InChI=1S/C7H11ClN4/c1-12(11)7-2-4(8)5(9)3-6(7)10/h2-3H,9-11H2,1H3. The topological polar surface area (TPSA) is 81.3 Å². The molecule has 0 amide bonds. The maximum atomic E-state index is 5.77. The fourth-order valence-electron chi connectivity index (χ4n) is 0.903. The van der Waals surface area contributed by atoms with Crippen LogP contribution in [-0.2, 0) is 0 Å². The first-order chi connectivity index (χ1) is 5.52. The summed E-state index contributed by atoms with van der Waals surface area (Å²) in [6, 6.07) is 3.22. The lowest BCUT2D eigenvalue weighted by Gasteiger charge is -2.15. The second-order valence-corrected chi connectivity index (χ2v) is 2.95. The molecule has 66 valence electrons. The van der Waals surface area contributed by atoms with Crippen molar-refractivity contribution in [2.75, 3.05) is 23.5 Å². The van der Waals surface area contributed by atoms with E-state index in [-0.39, 0.29) is 0 Å². The maximum absolute atomic E-state index is 5.77. The monoisotopic (exact) mass is 186 g/mol. The number of nitrogens with zero attached hydrogens (tertiary/aromatic N) is 1. The minimum Gasteiger partial charge on any atom is -0.397 e. The highest BCUT2D eigenvalue weighted by molar-refractivity contribution is 6.33. The van der Waals surface area contributed by atoms with Gasteiger partial charge in [-0.05, 0) is 12.1 Å². The van der Waals surface area contributed by atoms with Crippen molar-refractivity contribution in [2.24, 2.45) is 5.84 Å². The SMILES string of the molecule is CN(N)c1cc(Cl)c(N)cc1N. The van der Waals surface area contributed by atoms with Crippen LogP contribution >= 0.6 is 11.6 Å². The molecule has 12 heavy (non-hydrogen) atoms. The third-order valence-electron chi connectivity index (χ3n) is 1.53. The molecule has 1 rings (SSSR count). The van der Waals surface area contributed by atoms with E-state index < -0.39 is 0 Å². The fourth-order valence-corrected chi connectivity index (χ4v) is 1.06. The molecule has 0 heterocycles. The lowest BCUT2D eigenvalue weighted by atomic mass is 10.2. The molecule has 0 aliphatic rings. The Balaban J connectivity index is 3.23. The van der Waals surface area contributed by atoms with Crippen molar-refractivity contribution >= 4 is 28.7 Å². The van der Waals surface area contributed by atoms with Crippen molar-refractivity contribution in [3.8, 4) is 0 Å². The molecular formula is C7H11ClN4.